The number of amides is 1. The molecular weight excluding hydrogens is 412 g/mol. The van der Waals surface area contributed by atoms with Crippen LogP contribution in [0.4, 0.5) is 11.4 Å². The average molecular weight is 445 g/mol. The molecule has 6 nitrogen and oxygen atoms in total. The average Bonchev–Trinajstić information content (AvgIpc) is 3.21. The molecule has 0 radical (unpaired) electrons. The summed E-state index contributed by atoms with van der Waals surface area (Å²) in [6, 6.07) is 14.3. The Bertz CT molecular complexity index is 1110. The number of ether oxygens (including phenoxy) is 1. The summed E-state index contributed by atoms with van der Waals surface area (Å²) in [5, 5.41) is 10.4. The monoisotopic (exact) mass is 444 g/mol. The van der Waals surface area contributed by atoms with Crippen molar-refractivity contribution < 1.29 is 9.53 Å². The van der Waals surface area contributed by atoms with E-state index in [9.17, 15) is 4.79 Å². The molecule has 3 aliphatic rings. The molecule has 2 N–H and O–H groups in total. The van der Waals surface area contributed by atoms with Crippen LogP contribution in [0.3, 0.4) is 0 Å². The number of nitrogens with one attached hydrogen (secondary N) is 2. The highest BCUT2D eigenvalue weighted by molar-refractivity contribution is 6.06. The van der Waals surface area contributed by atoms with Crippen molar-refractivity contribution >= 4 is 17.3 Å². The van der Waals surface area contributed by atoms with E-state index in [0.717, 1.165) is 60.2 Å². The Labute approximate surface area is 195 Å². The summed E-state index contributed by atoms with van der Waals surface area (Å²) in [5.41, 5.74) is 4.75. The van der Waals surface area contributed by atoms with Gasteiger partial charge in [-0.2, -0.15) is 5.10 Å². The number of aromatic nitrogens is 2. The number of rotatable bonds is 5. The Morgan fingerprint density at radius 2 is 1.91 bits per heavy atom. The van der Waals surface area contributed by atoms with Gasteiger partial charge in [0.1, 0.15) is 11.3 Å². The molecule has 1 saturated carbocycles. The predicted molar refractivity (Wildman–Crippen MR) is 132 cm³/mol. The van der Waals surface area contributed by atoms with Gasteiger partial charge in [-0.15, -0.1) is 0 Å². The number of hydrogen-bond acceptors (Lipinski definition) is 4. The van der Waals surface area contributed by atoms with Crippen LogP contribution in [0.2, 0.25) is 0 Å². The molecular formula is C27H32N4O2. The highest BCUT2D eigenvalue weighted by Gasteiger charge is 2.50. The summed E-state index contributed by atoms with van der Waals surface area (Å²) in [5.74, 6) is 1.76. The molecule has 3 aromatic rings. The van der Waals surface area contributed by atoms with E-state index >= 15 is 0 Å². The molecule has 1 unspecified atom stereocenters. The van der Waals surface area contributed by atoms with Crippen molar-refractivity contribution in [3.05, 3.63) is 60.4 Å². The second-order valence-electron chi connectivity index (χ2n) is 9.40. The van der Waals surface area contributed by atoms with Crippen molar-refractivity contribution in [2.24, 2.45) is 5.92 Å². The van der Waals surface area contributed by atoms with Crippen molar-refractivity contribution in [1.29, 1.82) is 0 Å². The first-order chi connectivity index (χ1) is 16.1. The Kier molecular flexibility index (Phi) is 5.83. The largest absolute Gasteiger partial charge is 0.493 e. The fraction of sp³-hybridized carbons (Fsp3) is 0.407. The molecule has 6 heteroatoms. The van der Waals surface area contributed by atoms with Gasteiger partial charge in [0.05, 0.1) is 12.8 Å². The molecule has 6 rings (SSSR count). The molecule has 2 aliphatic heterocycles. The summed E-state index contributed by atoms with van der Waals surface area (Å²) in [4.78, 5) is 15.3. The van der Waals surface area contributed by atoms with Crippen LogP contribution >= 0.6 is 0 Å². The van der Waals surface area contributed by atoms with Gasteiger partial charge in [-0.1, -0.05) is 38.5 Å². The molecule has 1 atom stereocenters. The summed E-state index contributed by atoms with van der Waals surface area (Å²) < 4.78 is 5.92. The van der Waals surface area contributed by atoms with Crippen LogP contribution in [-0.2, 0) is 11.2 Å². The van der Waals surface area contributed by atoms with Crippen molar-refractivity contribution in [3.8, 4) is 16.9 Å². The number of anilines is 2. The van der Waals surface area contributed by atoms with Gasteiger partial charge in [0, 0.05) is 42.2 Å². The molecule has 1 saturated heterocycles. The number of carbonyl (C=O) groups is 1. The lowest BCUT2D eigenvalue weighted by Gasteiger charge is -2.24. The quantitative estimate of drug-likeness (QED) is 0.551. The molecule has 1 spiro atoms. The Morgan fingerprint density at radius 3 is 2.61 bits per heavy atom. The third-order valence-corrected chi connectivity index (χ3v) is 6.56. The van der Waals surface area contributed by atoms with Crippen LogP contribution < -0.4 is 15.0 Å². The summed E-state index contributed by atoms with van der Waals surface area (Å²) >= 11 is 0. The van der Waals surface area contributed by atoms with Gasteiger partial charge in [0.25, 0.3) is 5.91 Å². The van der Waals surface area contributed by atoms with Gasteiger partial charge in [-0.25, -0.2) is 0 Å². The second-order valence-corrected chi connectivity index (χ2v) is 9.40. The molecule has 1 aromatic heterocycles. The Morgan fingerprint density at radius 1 is 1.12 bits per heavy atom. The van der Waals surface area contributed by atoms with Gasteiger partial charge in [-0.3, -0.25) is 9.89 Å². The lowest BCUT2D eigenvalue weighted by atomic mass is 9.93. The van der Waals surface area contributed by atoms with Crippen LogP contribution in [0.15, 0.2) is 54.9 Å². The maximum absolute atomic E-state index is 13.4. The molecule has 33 heavy (non-hydrogen) atoms. The standard InChI is InChI=1S/C24H24N4O2.C3H8/c29-23-24(12-18-5-8-21(11-22(18)27-24)30-15-16-1-2-16)9-10-28(23)20-6-3-17(4-7-20)19-13-25-26-14-19;1-3-2/h3-8,11,13-14,16,27H,1-2,9-10,12,15H2,(H,25,26);3H2,1-2H3. The van der Waals surface area contributed by atoms with Crippen LogP contribution in [0.25, 0.3) is 11.1 Å². The number of hydrogen-bond donors (Lipinski definition) is 2. The van der Waals surface area contributed by atoms with Crippen molar-refractivity contribution in [3.63, 3.8) is 0 Å². The highest BCUT2D eigenvalue weighted by atomic mass is 16.5. The number of carbonyl (C=O) groups excluding carboxylic acids is 1. The van der Waals surface area contributed by atoms with E-state index < -0.39 is 5.54 Å². The molecule has 1 amide bonds. The number of nitrogens with zero attached hydrogens (tertiary/aromatic N) is 2. The zero-order valence-electron chi connectivity index (χ0n) is 19.4. The molecule has 3 heterocycles. The van der Waals surface area contributed by atoms with E-state index in [4.69, 9.17) is 4.74 Å². The topological polar surface area (TPSA) is 70.2 Å². The summed E-state index contributed by atoms with van der Waals surface area (Å²) in [7, 11) is 0. The van der Waals surface area contributed by atoms with Gasteiger partial charge < -0.3 is 15.0 Å². The van der Waals surface area contributed by atoms with Gasteiger partial charge in [0.15, 0.2) is 0 Å². The van der Waals surface area contributed by atoms with Crippen LogP contribution in [0.1, 0.15) is 45.1 Å². The lowest BCUT2D eigenvalue weighted by Crippen LogP contribution is -2.45. The fourth-order valence-corrected chi connectivity index (χ4v) is 4.58. The first-order valence-electron chi connectivity index (χ1n) is 12.1. The SMILES string of the molecule is CCC.O=C1N(c2ccc(-c3cn[nH]c3)cc2)CCC12Cc1ccc(OCC3CC3)cc1N2. The van der Waals surface area contributed by atoms with Gasteiger partial charge in [-0.05, 0) is 54.5 Å². The minimum absolute atomic E-state index is 0.148. The zero-order chi connectivity index (χ0) is 22.8. The Hall–Kier alpha value is -3.28. The maximum atomic E-state index is 13.4. The van der Waals surface area contributed by atoms with Gasteiger partial charge >= 0.3 is 0 Å². The molecule has 2 fully saturated rings. The third kappa shape index (κ3) is 4.34. The first-order valence-corrected chi connectivity index (χ1v) is 12.1. The Balaban J connectivity index is 0.000000724. The highest BCUT2D eigenvalue weighted by Crippen LogP contribution is 2.42. The number of H-pyrrole nitrogens is 1. The summed E-state index contributed by atoms with van der Waals surface area (Å²) in [6.07, 6.45) is 9.00. The molecule has 172 valence electrons. The normalized spacial score (nSPS) is 20.9. The lowest BCUT2D eigenvalue weighted by molar-refractivity contribution is -0.120. The molecule has 2 aromatic carbocycles. The molecule has 1 aliphatic carbocycles. The minimum Gasteiger partial charge on any atom is -0.493 e. The van der Waals surface area contributed by atoms with Crippen LogP contribution in [0.5, 0.6) is 5.75 Å². The van der Waals surface area contributed by atoms with Crippen LogP contribution in [-0.4, -0.2) is 34.8 Å². The second kappa shape index (κ2) is 8.93. The van der Waals surface area contributed by atoms with E-state index in [1.165, 1.54) is 24.8 Å². The number of aromatic amines is 1. The van der Waals surface area contributed by atoms with Gasteiger partial charge in [0.2, 0.25) is 0 Å². The zero-order valence-corrected chi connectivity index (χ0v) is 19.4. The molecule has 0 bridgehead atoms. The smallest absolute Gasteiger partial charge is 0.253 e. The maximum Gasteiger partial charge on any atom is 0.253 e. The number of benzene rings is 2. The van der Waals surface area contributed by atoms with E-state index in [2.05, 4.69) is 41.5 Å². The fourth-order valence-electron chi connectivity index (χ4n) is 4.58. The third-order valence-electron chi connectivity index (χ3n) is 6.56. The van der Waals surface area contributed by atoms with E-state index in [1.54, 1.807) is 6.20 Å². The van der Waals surface area contributed by atoms with E-state index in [1.807, 2.05) is 41.4 Å². The van der Waals surface area contributed by atoms with Crippen LogP contribution in [0, 0.1) is 5.92 Å². The van der Waals surface area contributed by atoms with Crippen molar-refractivity contribution in [2.75, 3.05) is 23.4 Å². The number of fused-ring (bicyclic) bond motifs is 1. The minimum atomic E-state index is -0.541. The van der Waals surface area contributed by atoms with E-state index in [0.29, 0.717) is 0 Å². The first kappa shape index (κ1) is 21.6. The predicted octanol–water partition coefficient (Wildman–Crippen LogP) is 5.43. The summed E-state index contributed by atoms with van der Waals surface area (Å²) in [6.45, 7) is 5.77. The van der Waals surface area contributed by atoms with Crippen molar-refractivity contribution in [2.45, 2.75) is 51.5 Å². The van der Waals surface area contributed by atoms with E-state index in [-0.39, 0.29) is 5.91 Å². The van der Waals surface area contributed by atoms with Crippen molar-refractivity contribution in [1.82, 2.24) is 10.2 Å².